The first-order valence-electron chi connectivity index (χ1n) is 6.78. The highest BCUT2D eigenvalue weighted by Gasteiger charge is 2.19. The lowest BCUT2D eigenvalue weighted by molar-refractivity contribution is -0.142. The molecular formula is C13H26N2O5. The molecule has 0 rings (SSSR count). The molecule has 20 heavy (non-hydrogen) atoms. The van der Waals surface area contributed by atoms with Crippen LogP contribution in [0.15, 0.2) is 0 Å². The van der Waals surface area contributed by atoms with Crippen molar-refractivity contribution in [3.05, 3.63) is 0 Å². The molecule has 1 atom stereocenters. The molecule has 7 heteroatoms. The summed E-state index contributed by atoms with van der Waals surface area (Å²) >= 11 is 0. The number of aliphatic carboxylic acids is 1. The molecule has 0 radical (unpaired) electrons. The molecule has 0 saturated carbocycles. The Bertz CT molecular complexity index is 284. The summed E-state index contributed by atoms with van der Waals surface area (Å²) in [5, 5.41) is 14.2. The topological polar surface area (TPSA) is 96.9 Å². The molecule has 0 fully saturated rings. The maximum Gasteiger partial charge on any atom is 0.314 e. The van der Waals surface area contributed by atoms with E-state index in [9.17, 15) is 9.59 Å². The Balaban J connectivity index is 3.71. The van der Waals surface area contributed by atoms with Crippen molar-refractivity contribution in [2.45, 2.75) is 20.3 Å². The number of nitrogens with one attached hydrogen (secondary N) is 2. The van der Waals surface area contributed by atoms with Crippen molar-refractivity contribution >= 4 is 12.0 Å². The van der Waals surface area contributed by atoms with Gasteiger partial charge in [-0.25, -0.2) is 4.79 Å². The average Bonchev–Trinajstić information content (AvgIpc) is 2.37. The van der Waals surface area contributed by atoms with E-state index in [1.807, 2.05) is 13.8 Å². The predicted molar refractivity (Wildman–Crippen MR) is 74.7 cm³/mol. The first-order chi connectivity index (χ1) is 9.47. The highest BCUT2D eigenvalue weighted by atomic mass is 16.5. The van der Waals surface area contributed by atoms with Crippen LogP contribution < -0.4 is 10.6 Å². The third kappa shape index (κ3) is 10.6. The number of methoxy groups -OCH3 is 1. The summed E-state index contributed by atoms with van der Waals surface area (Å²) in [6.07, 6.45) is 0.537. The van der Waals surface area contributed by atoms with E-state index in [1.54, 1.807) is 7.11 Å². The van der Waals surface area contributed by atoms with Gasteiger partial charge in [0.1, 0.15) is 0 Å². The lowest BCUT2D eigenvalue weighted by atomic mass is 9.97. The summed E-state index contributed by atoms with van der Waals surface area (Å²) in [4.78, 5) is 22.5. The number of rotatable bonds is 11. The standard InChI is InChI=1S/C13H26N2O5/c1-10(2)8-11(12(16)17)9-15-13(18)14-4-5-20-7-6-19-3/h10-11H,4-9H2,1-3H3,(H,16,17)(H2,14,15,18). The molecule has 0 aliphatic carbocycles. The fraction of sp³-hybridized carbons (Fsp3) is 0.846. The average molecular weight is 290 g/mol. The van der Waals surface area contributed by atoms with Crippen molar-refractivity contribution in [1.29, 1.82) is 0 Å². The minimum Gasteiger partial charge on any atom is -0.481 e. The van der Waals surface area contributed by atoms with Gasteiger partial charge in [-0.3, -0.25) is 4.79 Å². The van der Waals surface area contributed by atoms with E-state index in [0.717, 1.165) is 0 Å². The zero-order valence-electron chi connectivity index (χ0n) is 12.5. The van der Waals surface area contributed by atoms with Crippen molar-refractivity contribution in [2.75, 3.05) is 40.0 Å². The van der Waals surface area contributed by atoms with Crippen molar-refractivity contribution in [2.24, 2.45) is 11.8 Å². The van der Waals surface area contributed by atoms with Crippen LogP contribution in [0.3, 0.4) is 0 Å². The number of carboxylic acids is 1. The second-order valence-corrected chi connectivity index (χ2v) is 4.91. The van der Waals surface area contributed by atoms with Crippen LogP contribution in [-0.2, 0) is 14.3 Å². The minimum absolute atomic E-state index is 0.129. The Labute approximate surface area is 120 Å². The van der Waals surface area contributed by atoms with Crippen molar-refractivity contribution < 1.29 is 24.2 Å². The fourth-order valence-corrected chi connectivity index (χ4v) is 1.60. The Hall–Kier alpha value is -1.34. The molecule has 0 bridgehead atoms. The molecule has 2 amide bonds. The number of urea groups is 1. The number of carbonyl (C=O) groups is 2. The van der Waals surface area contributed by atoms with Gasteiger partial charge >= 0.3 is 12.0 Å². The van der Waals surface area contributed by atoms with E-state index in [-0.39, 0.29) is 18.5 Å². The molecule has 0 heterocycles. The van der Waals surface area contributed by atoms with E-state index < -0.39 is 11.9 Å². The van der Waals surface area contributed by atoms with E-state index in [0.29, 0.717) is 32.8 Å². The van der Waals surface area contributed by atoms with Crippen LogP contribution in [0.25, 0.3) is 0 Å². The fourth-order valence-electron chi connectivity index (χ4n) is 1.60. The summed E-state index contributed by atoms with van der Waals surface area (Å²) in [5.41, 5.74) is 0. The Morgan fingerprint density at radius 1 is 1.15 bits per heavy atom. The lowest BCUT2D eigenvalue weighted by Crippen LogP contribution is -2.41. The molecule has 3 N–H and O–H groups in total. The van der Waals surface area contributed by atoms with Gasteiger partial charge in [0.25, 0.3) is 0 Å². The molecule has 0 aliphatic heterocycles. The summed E-state index contributed by atoms with van der Waals surface area (Å²) < 4.78 is 9.99. The SMILES string of the molecule is COCCOCCNC(=O)NCC(CC(C)C)C(=O)O. The smallest absolute Gasteiger partial charge is 0.314 e. The Morgan fingerprint density at radius 3 is 2.40 bits per heavy atom. The molecule has 1 unspecified atom stereocenters. The quantitative estimate of drug-likeness (QED) is 0.487. The van der Waals surface area contributed by atoms with Crippen LogP contribution in [0.5, 0.6) is 0 Å². The number of amides is 2. The van der Waals surface area contributed by atoms with E-state index in [1.165, 1.54) is 0 Å². The van der Waals surface area contributed by atoms with Crippen molar-refractivity contribution in [3.8, 4) is 0 Å². The van der Waals surface area contributed by atoms with Crippen LogP contribution in [0, 0.1) is 11.8 Å². The number of carboxylic acid groups (broad SMARTS) is 1. The first-order valence-corrected chi connectivity index (χ1v) is 6.78. The van der Waals surface area contributed by atoms with E-state index in [2.05, 4.69) is 10.6 Å². The Morgan fingerprint density at radius 2 is 1.85 bits per heavy atom. The maximum absolute atomic E-state index is 11.4. The van der Waals surface area contributed by atoms with Gasteiger partial charge in [-0.15, -0.1) is 0 Å². The van der Waals surface area contributed by atoms with Crippen molar-refractivity contribution in [1.82, 2.24) is 10.6 Å². The van der Waals surface area contributed by atoms with Gasteiger partial charge in [-0.1, -0.05) is 13.8 Å². The van der Waals surface area contributed by atoms with Crippen LogP contribution in [0.1, 0.15) is 20.3 Å². The molecule has 0 aliphatic rings. The van der Waals surface area contributed by atoms with E-state index >= 15 is 0 Å². The van der Waals surface area contributed by atoms with Gasteiger partial charge in [0.2, 0.25) is 0 Å². The molecule has 0 aromatic rings. The molecule has 0 saturated heterocycles. The third-order valence-corrected chi connectivity index (χ3v) is 2.58. The summed E-state index contributed by atoms with van der Waals surface area (Å²) in [5.74, 6) is -1.17. The summed E-state index contributed by atoms with van der Waals surface area (Å²) in [7, 11) is 1.59. The van der Waals surface area contributed by atoms with Gasteiger partial charge in [-0.2, -0.15) is 0 Å². The minimum atomic E-state index is -0.887. The van der Waals surface area contributed by atoms with Gasteiger partial charge in [0.05, 0.1) is 25.7 Å². The summed E-state index contributed by atoms with van der Waals surface area (Å²) in [6, 6.07) is -0.379. The van der Waals surface area contributed by atoms with Crippen LogP contribution >= 0.6 is 0 Å². The number of ether oxygens (including phenoxy) is 2. The lowest BCUT2D eigenvalue weighted by Gasteiger charge is -2.15. The van der Waals surface area contributed by atoms with Gasteiger partial charge in [-0.05, 0) is 12.3 Å². The highest BCUT2D eigenvalue weighted by molar-refractivity contribution is 5.75. The molecule has 0 aromatic carbocycles. The number of hydrogen-bond acceptors (Lipinski definition) is 4. The molecular weight excluding hydrogens is 264 g/mol. The monoisotopic (exact) mass is 290 g/mol. The zero-order chi connectivity index (χ0) is 15.4. The molecule has 118 valence electrons. The van der Waals surface area contributed by atoms with Crippen LogP contribution in [0.4, 0.5) is 4.79 Å². The normalized spacial score (nSPS) is 12.2. The van der Waals surface area contributed by atoms with Gasteiger partial charge < -0.3 is 25.2 Å². The predicted octanol–water partition coefficient (Wildman–Crippen LogP) is 0.696. The zero-order valence-corrected chi connectivity index (χ0v) is 12.5. The Kier molecular flexibility index (Phi) is 10.7. The second-order valence-electron chi connectivity index (χ2n) is 4.91. The molecule has 7 nitrogen and oxygen atoms in total. The number of hydrogen-bond donors (Lipinski definition) is 3. The van der Waals surface area contributed by atoms with Gasteiger partial charge in [0, 0.05) is 20.2 Å². The highest BCUT2D eigenvalue weighted by Crippen LogP contribution is 2.10. The number of carbonyl (C=O) groups excluding carboxylic acids is 1. The summed E-state index contributed by atoms with van der Waals surface area (Å²) in [6.45, 7) is 5.80. The molecule has 0 aromatic heterocycles. The second kappa shape index (κ2) is 11.5. The van der Waals surface area contributed by atoms with Crippen LogP contribution in [-0.4, -0.2) is 57.1 Å². The van der Waals surface area contributed by atoms with E-state index in [4.69, 9.17) is 14.6 Å². The largest absolute Gasteiger partial charge is 0.481 e. The van der Waals surface area contributed by atoms with Crippen LogP contribution in [0.2, 0.25) is 0 Å². The molecule has 0 spiro atoms. The van der Waals surface area contributed by atoms with Gasteiger partial charge in [0.15, 0.2) is 0 Å². The first kappa shape index (κ1) is 18.7. The van der Waals surface area contributed by atoms with Crippen molar-refractivity contribution in [3.63, 3.8) is 0 Å². The third-order valence-electron chi connectivity index (χ3n) is 2.58. The maximum atomic E-state index is 11.4.